The molecular weight excluding hydrogens is 194 g/mol. The Balaban J connectivity index is 2.38. The summed E-state index contributed by atoms with van der Waals surface area (Å²) in [5.74, 6) is -0.779. The van der Waals surface area contributed by atoms with Crippen LogP contribution in [-0.4, -0.2) is 29.3 Å². The van der Waals surface area contributed by atoms with Gasteiger partial charge in [0.05, 0.1) is 5.41 Å². The molecule has 15 heavy (non-hydrogen) atoms. The third-order valence-electron chi connectivity index (χ3n) is 2.97. The first-order valence-electron chi connectivity index (χ1n) is 4.97. The Morgan fingerprint density at radius 1 is 1.47 bits per heavy atom. The second kappa shape index (κ2) is 3.98. The molecule has 0 bridgehead atoms. The Kier molecular flexibility index (Phi) is 2.68. The lowest BCUT2D eigenvalue weighted by Crippen LogP contribution is -2.41. The Morgan fingerprint density at radius 2 is 2.20 bits per heavy atom. The molecule has 0 aliphatic carbocycles. The zero-order chi connectivity index (χ0) is 10.7. The number of carboxylic acids is 1. The van der Waals surface area contributed by atoms with E-state index in [2.05, 4.69) is 4.98 Å². The highest BCUT2D eigenvalue weighted by atomic mass is 16.5. The molecule has 0 unspecified atom stereocenters. The summed E-state index contributed by atoms with van der Waals surface area (Å²) in [5, 5.41) is 9.36. The topological polar surface area (TPSA) is 59.4 Å². The van der Waals surface area contributed by atoms with Crippen molar-refractivity contribution in [2.45, 2.75) is 18.3 Å². The lowest BCUT2D eigenvalue weighted by molar-refractivity contribution is -0.147. The van der Waals surface area contributed by atoms with Crippen molar-refractivity contribution in [2.24, 2.45) is 0 Å². The van der Waals surface area contributed by atoms with E-state index in [1.807, 2.05) is 6.07 Å². The summed E-state index contributed by atoms with van der Waals surface area (Å²) in [6, 6.07) is 3.60. The quantitative estimate of drug-likeness (QED) is 0.792. The molecule has 4 heteroatoms. The second-order valence-corrected chi connectivity index (χ2v) is 3.74. The van der Waals surface area contributed by atoms with Gasteiger partial charge in [0.15, 0.2) is 0 Å². The predicted molar refractivity (Wildman–Crippen MR) is 53.6 cm³/mol. The van der Waals surface area contributed by atoms with E-state index < -0.39 is 11.4 Å². The van der Waals surface area contributed by atoms with Crippen LogP contribution in [-0.2, 0) is 14.9 Å². The summed E-state index contributed by atoms with van der Waals surface area (Å²) in [6.45, 7) is 1.00. The fourth-order valence-corrected chi connectivity index (χ4v) is 1.99. The van der Waals surface area contributed by atoms with Gasteiger partial charge in [0, 0.05) is 25.6 Å². The summed E-state index contributed by atoms with van der Waals surface area (Å²) in [5.41, 5.74) is -0.0206. The van der Waals surface area contributed by atoms with E-state index in [0.717, 1.165) is 5.56 Å². The van der Waals surface area contributed by atoms with Gasteiger partial charge in [0.1, 0.15) is 0 Å². The maximum absolute atomic E-state index is 11.4. The van der Waals surface area contributed by atoms with Crippen LogP contribution in [0.4, 0.5) is 0 Å². The largest absolute Gasteiger partial charge is 0.481 e. The molecule has 1 N–H and O–H groups in total. The third-order valence-corrected chi connectivity index (χ3v) is 2.97. The molecule has 1 saturated heterocycles. The van der Waals surface area contributed by atoms with Gasteiger partial charge in [-0.25, -0.2) is 0 Å². The van der Waals surface area contributed by atoms with Crippen molar-refractivity contribution < 1.29 is 14.6 Å². The lowest BCUT2D eigenvalue weighted by Gasteiger charge is -2.33. The first-order valence-corrected chi connectivity index (χ1v) is 4.97. The normalized spacial score (nSPS) is 19.7. The molecule has 0 amide bonds. The van der Waals surface area contributed by atoms with Crippen molar-refractivity contribution in [3.8, 4) is 0 Å². The Morgan fingerprint density at radius 3 is 2.73 bits per heavy atom. The zero-order valence-corrected chi connectivity index (χ0v) is 8.35. The van der Waals surface area contributed by atoms with E-state index >= 15 is 0 Å². The van der Waals surface area contributed by atoms with Crippen molar-refractivity contribution >= 4 is 5.97 Å². The maximum atomic E-state index is 11.4. The van der Waals surface area contributed by atoms with Crippen LogP contribution in [0.2, 0.25) is 0 Å². The minimum atomic E-state index is -0.799. The molecule has 0 radical (unpaired) electrons. The molecule has 1 aliphatic rings. The average Bonchev–Trinajstić information content (AvgIpc) is 2.31. The number of ether oxygens (including phenoxy) is 1. The second-order valence-electron chi connectivity index (χ2n) is 3.74. The Hall–Kier alpha value is -1.42. The molecule has 0 saturated carbocycles. The van der Waals surface area contributed by atoms with E-state index in [9.17, 15) is 9.90 Å². The minimum absolute atomic E-state index is 0.501. The van der Waals surface area contributed by atoms with E-state index in [1.165, 1.54) is 0 Å². The van der Waals surface area contributed by atoms with E-state index in [4.69, 9.17) is 4.74 Å². The number of aliphatic carboxylic acids is 1. The number of rotatable bonds is 2. The van der Waals surface area contributed by atoms with Gasteiger partial charge in [-0.2, -0.15) is 0 Å². The predicted octanol–water partition coefficient (Wildman–Crippen LogP) is 1.21. The number of carbonyl (C=O) groups is 1. The van der Waals surface area contributed by atoms with Crippen LogP contribution in [0.5, 0.6) is 0 Å². The van der Waals surface area contributed by atoms with Gasteiger partial charge in [-0.15, -0.1) is 0 Å². The number of carboxylic acid groups (broad SMARTS) is 1. The molecule has 2 heterocycles. The summed E-state index contributed by atoms with van der Waals surface area (Å²) >= 11 is 0. The van der Waals surface area contributed by atoms with Crippen molar-refractivity contribution in [2.75, 3.05) is 13.2 Å². The zero-order valence-electron chi connectivity index (χ0n) is 8.35. The highest BCUT2D eigenvalue weighted by molar-refractivity contribution is 5.81. The van der Waals surface area contributed by atoms with Gasteiger partial charge in [0.25, 0.3) is 0 Å². The number of aromatic nitrogens is 1. The van der Waals surface area contributed by atoms with Crippen molar-refractivity contribution in [1.29, 1.82) is 0 Å². The molecule has 0 spiro atoms. The van der Waals surface area contributed by atoms with Crippen molar-refractivity contribution in [3.05, 3.63) is 30.1 Å². The first-order chi connectivity index (χ1) is 7.26. The highest BCUT2D eigenvalue weighted by Gasteiger charge is 2.41. The third kappa shape index (κ3) is 1.72. The molecule has 80 valence electrons. The molecule has 0 atom stereocenters. The molecule has 4 nitrogen and oxygen atoms in total. The van der Waals surface area contributed by atoms with Crippen LogP contribution in [0.15, 0.2) is 24.5 Å². The van der Waals surface area contributed by atoms with Crippen LogP contribution in [0.25, 0.3) is 0 Å². The fourth-order valence-electron chi connectivity index (χ4n) is 1.99. The first kappa shape index (κ1) is 10.1. The van der Waals surface area contributed by atoms with Gasteiger partial charge >= 0.3 is 5.97 Å². The Bertz CT molecular complexity index is 344. The SMILES string of the molecule is O=C(O)C1(c2cccnc2)CCOCC1. The molecule has 0 aromatic carbocycles. The van der Waals surface area contributed by atoms with Gasteiger partial charge < -0.3 is 9.84 Å². The van der Waals surface area contributed by atoms with Crippen LogP contribution in [0.3, 0.4) is 0 Å². The molecule has 1 aromatic rings. The van der Waals surface area contributed by atoms with Crippen LogP contribution in [0, 0.1) is 0 Å². The molecule has 1 fully saturated rings. The van der Waals surface area contributed by atoms with Crippen LogP contribution >= 0.6 is 0 Å². The lowest BCUT2D eigenvalue weighted by atomic mass is 9.75. The van der Waals surface area contributed by atoms with Gasteiger partial charge in [-0.3, -0.25) is 9.78 Å². The molecular formula is C11H13NO3. The maximum Gasteiger partial charge on any atom is 0.314 e. The Labute approximate surface area is 87.9 Å². The monoisotopic (exact) mass is 207 g/mol. The molecule has 1 aliphatic heterocycles. The fraction of sp³-hybridized carbons (Fsp3) is 0.455. The molecule has 1 aromatic heterocycles. The van der Waals surface area contributed by atoms with Gasteiger partial charge in [-0.1, -0.05) is 6.07 Å². The van der Waals surface area contributed by atoms with Crippen LogP contribution < -0.4 is 0 Å². The number of pyridine rings is 1. The van der Waals surface area contributed by atoms with Gasteiger partial charge in [-0.05, 0) is 24.5 Å². The molecule has 2 rings (SSSR count). The number of hydrogen-bond acceptors (Lipinski definition) is 3. The van der Waals surface area contributed by atoms with E-state index in [0.29, 0.717) is 26.1 Å². The average molecular weight is 207 g/mol. The van der Waals surface area contributed by atoms with E-state index in [-0.39, 0.29) is 0 Å². The van der Waals surface area contributed by atoms with Crippen LogP contribution in [0.1, 0.15) is 18.4 Å². The highest BCUT2D eigenvalue weighted by Crippen LogP contribution is 2.34. The number of nitrogens with zero attached hydrogens (tertiary/aromatic N) is 1. The summed E-state index contributed by atoms with van der Waals surface area (Å²) in [7, 11) is 0. The summed E-state index contributed by atoms with van der Waals surface area (Å²) in [6.07, 6.45) is 4.33. The smallest absolute Gasteiger partial charge is 0.314 e. The number of hydrogen-bond donors (Lipinski definition) is 1. The van der Waals surface area contributed by atoms with Gasteiger partial charge in [0.2, 0.25) is 0 Å². The minimum Gasteiger partial charge on any atom is -0.481 e. The standard InChI is InChI=1S/C11H13NO3/c13-10(14)11(3-6-15-7-4-11)9-2-1-5-12-8-9/h1-2,5,8H,3-4,6-7H2,(H,13,14). The summed E-state index contributed by atoms with van der Waals surface area (Å²) < 4.78 is 5.21. The summed E-state index contributed by atoms with van der Waals surface area (Å²) in [4.78, 5) is 15.4. The van der Waals surface area contributed by atoms with Crippen molar-refractivity contribution in [3.63, 3.8) is 0 Å². The van der Waals surface area contributed by atoms with Crippen molar-refractivity contribution in [1.82, 2.24) is 4.98 Å². The van der Waals surface area contributed by atoms with E-state index in [1.54, 1.807) is 18.5 Å².